The quantitative estimate of drug-likeness (QED) is 0.503. The van der Waals surface area contributed by atoms with Gasteiger partial charge in [-0.2, -0.15) is 10.4 Å². The molecule has 5 rings (SSSR count). The molecule has 1 aliphatic heterocycles. The molecule has 32 heavy (non-hydrogen) atoms. The normalized spacial score (nSPS) is 18.9. The minimum Gasteiger partial charge on any atom is -0.504 e. The Balaban J connectivity index is 1.63. The van der Waals surface area contributed by atoms with E-state index in [0.717, 1.165) is 18.8 Å². The number of anilines is 1. The molecular weight excluding hydrogens is 409 g/mol. The van der Waals surface area contributed by atoms with Crippen LogP contribution in [0, 0.1) is 17.1 Å². The van der Waals surface area contributed by atoms with Gasteiger partial charge in [-0.15, -0.1) is 0 Å². The average Bonchev–Trinajstić information content (AvgIpc) is 3.15. The lowest BCUT2D eigenvalue weighted by atomic mass is 10.1. The van der Waals surface area contributed by atoms with Gasteiger partial charge in [0.2, 0.25) is 0 Å². The molecule has 0 amide bonds. The molecule has 2 atom stereocenters. The zero-order chi connectivity index (χ0) is 22.6. The number of fused-ring (bicyclic) bond motifs is 2. The van der Waals surface area contributed by atoms with Gasteiger partial charge in [0.1, 0.15) is 11.6 Å². The average molecular weight is 431 g/mol. The predicted octanol–water partition coefficient (Wildman–Crippen LogP) is 3.09. The molecule has 2 aromatic heterocycles. The third kappa shape index (κ3) is 3.29. The first-order valence-electron chi connectivity index (χ1n) is 10.4. The fraction of sp³-hybridized carbons (Fsp3) is 0.304. The highest BCUT2D eigenvalue weighted by atomic mass is 19.1. The van der Waals surface area contributed by atoms with Crippen molar-refractivity contribution in [2.24, 2.45) is 7.05 Å². The van der Waals surface area contributed by atoms with Crippen LogP contribution in [-0.2, 0) is 7.05 Å². The largest absolute Gasteiger partial charge is 0.504 e. The van der Waals surface area contributed by atoms with Crippen LogP contribution in [0.5, 0.6) is 5.75 Å². The van der Waals surface area contributed by atoms with Crippen LogP contribution in [0.15, 0.2) is 30.5 Å². The fourth-order valence-electron chi connectivity index (χ4n) is 4.46. The predicted molar refractivity (Wildman–Crippen MR) is 120 cm³/mol. The molecule has 8 nitrogen and oxygen atoms in total. The topological polar surface area (TPSA) is 103 Å². The first-order valence-corrected chi connectivity index (χ1v) is 10.4. The van der Waals surface area contributed by atoms with E-state index in [1.54, 1.807) is 19.3 Å². The smallest absolute Gasteiger partial charge is 0.193 e. The number of hydrogen-bond donors (Lipinski definition) is 2. The molecule has 0 spiro atoms. The molecule has 3 heterocycles. The van der Waals surface area contributed by atoms with Crippen LogP contribution in [-0.4, -0.2) is 50.0 Å². The van der Waals surface area contributed by atoms with Gasteiger partial charge in [0.15, 0.2) is 23.1 Å². The molecule has 9 heteroatoms. The molecule has 0 unspecified atom stereocenters. The summed E-state index contributed by atoms with van der Waals surface area (Å²) in [5, 5.41) is 28.9. The Morgan fingerprint density at radius 1 is 1.19 bits per heavy atom. The second kappa shape index (κ2) is 7.43. The van der Waals surface area contributed by atoms with Crippen LogP contribution in [0.1, 0.15) is 19.5 Å². The number of phenolic OH excluding ortho intramolecular Hbond substituents is 1. The van der Waals surface area contributed by atoms with Gasteiger partial charge in [-0.3, -0.25) is 4.68 Å². The summed E-state index contributed by atoms with van der Waals surface area (Å²) in [6.07, 6.45) is 1.65. The first-order chi connectivity index (χ1) is 15.3. The number of nitrogens with one attached hydrogen (secondary N) is 1. The second-order valence-electron chi connectivity index (χ2n) is 8.41. The SMILES string of the molecule is C[C@@H]1CN(c2ccc3nc(-c4cc5cn(C)nc5c(F)c4O)nc(C#N)c3c2)C[C@@H](C)N1. The van der Waals surface area contributed by atoms with Crippen molar-refractivity contribution in [1.29, 1.82) is 5.26 Å². The first kappa shape index (κ1) is 20.2. The van der Waals surface area contributed by atoms with E-state index >= 15 is 0 Å². The van der Waals surface area contributed by atoms with Gasteiger partial charge < -0.3 is 15.3 Å². The van der Waals surface area contributed by atoms with Crippen LogP contribution in [0.3, 0.4) is 0 Å². The van der Waals surface area contributed by atoms with Crippen LogP contribution in [0.2, 0.25) is 0 Å². The Hall–Kier alpha value is -3.77. The highest BCUT2D eigenvalue weighted by Gasteiger charge is 2.23. The Morgan fingerprint density at radius 2 is 1.94 bits per heavy atom. The zero-order valence-electron chi connectivity index (χ0n) is 18.0. The number of hydrogen-bond acceptors (Lipinski definition) is 7. The van der Waals surface area contributed by atoms with Gasteiger partial charge in [0, 0.05) is 54.9 Å². The maximum absolute atomic E-state index is 14.7. The number of phenols is 1. The highest BCUT2D eigenvalue weighted by molar-refractivity contribution is 5.91. The van der Waals surface area contributed by atoms with Crippen molar-refractivity contribution < 1.29 is 9.50 Å². The van der Waals surface area contributed by atoms with E-state index in [1.807, 2.05) is 18.2 Å². The standard InChI is InChI=1S/C23H22FN7O/c1-12-9-31(10-13(2)26-12)15-4-5-18-16(7-15)19(8-25)28-23(27-18)17-6-14-11-30(3)29-21(14)20(24)22(17)32/h4-7,11-13,26,32H,9-10H2,1-3H3/t12-,13-/m1/s1. The third-order valence-corrected chi connectivity index (χ3v) is 5.78. The van der Waals surface area contributed by atoms with Crippen molar-refractivity contribution in [3.8, 4) is 23.2 Å². The van der Waals surface area contributed by atoms with Crippen molar-refractivity contribution in [1.82, 2.24) is 25.1 Å². The van der Waals surface area contributed by atoms with E-state index in [4.69, 9.17) is 0 Å². The maximum Gasteiger partial charge on any atom is 0.193 e. The number of nitriles is 1. The van der Waals surface area contributed by atoms with E-state index in [2.05, 4.69) is 45.2 Å². The second-order valence-corrected chi connectivity index (χ2v) is 8.41. The zero-order valence-corrected chi connectivity index (χ0v) is 18.0. The fourth-order valence-corrected chi connectivity index (χ4v) is 4.46. The van der Waals surface area contributed by atoms with Gasteiger partial charge >= 0.3 is 0 Å². The molecule has 0 saturated carbocycles. The van der Waals surface area contributed by atoms with E-state index in [1.165, 1.54) is 4.68 Å². The van der Waals surface area contributed by atoms with Crippen molar-refractivity contribution in [3.63, 3.8) is 0 Å². The number of aryl methyl sites for hydroxylation is 1. The third-order valence-electron chi connectivity index (χ3n) is 5.78. The maximum atomic E-state index is 14.7. The summed E-state index contributed by atoms with van der Waals surface area (Å²) in [5.41, 5.74) is 1.91. The lowest BCUT2D eigenvalue weighted by Crippen LogP contribution is -2.54. The van der Waals surface area contributed by atoms with Gasteiger partial charge in [-0.05, 0) is 38.1 Å². The number of piperazine rings is 1. The molecule has 0 aliphatic carbocycles. The Bertz CT molecular complexity index is 1400. The highest BCUT2D eigenvalue weighted by Crippen LogP contribution is 2.36. The minimum atomic E-state index is -0.836. The molecule has 4 aromatic rings. The van der Waals surface area contributed by atoms with Crippen LogP contribution in [0.4, 0.5) is 10.1 Å². The van der Waals surface area contributed by atoms with Crippen LogP contribution < -0.4 is 10.2 Å². The van der Waals surface area contributed by atoms with Gasteiger partial charge in [-0.25, -0.2) is 14.4 Å². The number of rotatable bonds is 2. The lowest BCUT2D eigenvalue weighted by Gasteiger charge is -2.37. The lowest BCUT2D eigenvalue weighted by molar-refractivity contribution is 0.407. The number of benzene rings is 2. The number of halogens is 1. The van der Waals surface area contributed by atoms with Crippen molar-refractivity contribution in [2.45, 2.75) is 25.9 Å². The molecule has 0 radical (unpaired) electrons. The Labute approximate surface area is 183 Å². The molecule has 1 aliphatic rings. The van der Waals surface area contributed by atoms with Crippen molar-refractivity contribution in [3.05, 3.63) is 42.0 Å². The van der Waals surface area contributed by atoms with Crippen molar-refractivity contribution >= 4 is 27.5 Å². The van der Waals surface area contributed by atoms with E-state index in [-0.39, 0.29) is 22.6 Å². The van der Waals surface area contributed by atoms with E-state index < -0.39 is 11.6 Å². The Morgan fingerprint density at radius 3 is 2.66 bits per heavy atom. The van der Waals surface area contributed by atoms with Gasteiger partial charge in [0.25, 0.3) is 0 Å². The summed E-state index contributed by atoms with van der Waals surface area (Å²) >= 11 is 0. The summed E-state index contributed by atoms with van der Waals surface area (Å²) in [5.74, 6) is -1.33. The van der Waals surface area contributed by atoms with Gasteiger partial charge in [-0.1, -0.05) is 0 Å². The summed E-state index contributed by atoms with van der Waals surface area (Å²) in [7, 11) is 1.67. The monoisotopic (exact) mass is 431 g/mol. The molecule has 1 saturated heterocycles. The Kier molecular flexibility index (Phi) is 4.68. The minimum absolute atomic E-state index is 0.0687. The van der Waals surface area contributed by atoms with Crippen LogP contribution in [0.25, 0.3) is 33.2 Å². The number of aromatic hydroxyl groups is 1. The molecule has 162 valence electrons. The summed E-state index contributed by atoms with van der Waals surface area (Å²) in [6, 6.07) is 10.1. The molecule has 2 aromatic carbocycles. The van der Waals surface area contributed by atoms with Crippen molar-refractivity contribution in [2.75, 3.05) is 18.0 Å². The van der Waals surface area contributed by atoms with Gasteiger partial charge in [0.05, 0.1) is 11.1 Å². The van der Waals surface area contributed by atoms with Crippen LogP contribution >= 0.6 is 0 Å². The summed E-state index contributed by atoms with van der Waals surface area (Å²) in [4.78, 5) is 11.2. The van der Waals surface area contributed by atoms with E-state index in [9.17, 15) is 14.8 Å². The molecule has 2 N–H and O–H groups in total. The number of nitrogens with zero attached hydrogens (tertiary/aromatic N) is 6. The van der Waals surface area contributed by atoms with E-state index in [0.29, 0.717) is 28.4 Å². The molecule has 1 fully saturated rings. The molecular formula is C23H22FN7O. The number of aromatic nitrogens is 4. The summed E-state index contributed by atoms with van der Waals surface area (Å²) < 4.78 is 16.2. The molecule has 0 bridgehead atoms. The summed E-state index contributed by atoms with van der Waals surface area (Å²) in [6.45, 7) is 6.00.